The number of anilines is 1. The highest BCUT2D eigenvalue weighted by atomic mass is 35.5. The van der Waals surface area contributed by atoms with Crippen molar-refractivity contribution in [3.05, 3.63) is 63.1 Å². The molecule has 0 amide bonds. The number of hydrogen-bond acceptors (Lipinski definition) is 9. The van der Waals surface area contributed by atoms with Gasteiger partial charge in [-0.3, -0.25) is 4.79 Å². The number of carbonyl (C=O) groups is 2. The second-order valence-electron chi connectivity index (χ2n) is 7.94. The molecule has 0 saturated carbocycles. The molecule has 2 heterocycles. The van der Waals surface area contributed by atoms with Crippen LogP contribution in [0.15, 0.2) is 36.4 Å². The van der Waals surface area contributed by atoms with E-state index in [1.165, 1.54) is 21.3 Å². The summed E-state index contributed by atoms with van der Waals surface area (Å²) in [6.45, 7) is 3.61. The molecule has 2 aromatic heterocycles. The number of halogens is 1. The summed E-state index contributed by atoms with van der Waals surface area (Å²) in [5.41, 5.74) is 8.95. The Balaban J connectivity index is 2.08. The lowest BCUT2D eigenvalue weighted by Crippen LogP contribution is -2.11. The van der Waals surface area contributed by atoms with Crippen LogP contribution in [0.25, 0.3) is 21.3 Å². The number of rotatable bonds is 8. The molecule has 2 aromatic carbocycles. The Morgan fingerprint density at radius 1 is 1.03 bits per heavy atom. The number of nitrogens with zero attached hydrogens (tertiary/aromatic N) is 1. The maximum atomic E-state index is 13.4. The molecule has 0 spiro atoms. The molecule has 0 aliphatic carbocycles. The van der Waals surface area contributed by atoms with Crippen LogP contribution in [0.3, 0.4) is 0 Å². The number of nitrogens with two attached hydrogens (primary N) is 1. The maximum absolute atomic E-state index is 13.4. The molecule has 0 bridgehead atoms. The average molecular weight is 541 g/mol. The molecule has 0 saturated heterocycles. The number of pyridine rings is 1. The Labute approximate surface area is 222 Å². The molecule has 0 fully saturated rings. The Morgan fingerprint density at radius 3 is 2.19 bits per heavy atom. The van der Waals surface area contributed by atoms with Gasteiger partial charge >= 0.3 is 5.97 Å². The fourth-order valence-corrected chi connectivity index (χ4v) is 5.37. The van der Waals surface area contributed by atoms with Crippen molar-refractivity contribution < 1.29 is 28.5 Å². The van der Waals surface area contributed by atoms with Crippen LogP contribution < -0.4 is 19.9 Å². The summed E-state index contributed by atoms with van der Waals surface area (Å²) in [5.74, 6) is 0.337. The average Bonchev–Trinajstić information content (AvgIpc) is 3.22. The van der Waals surface area contributed by atoms with E-state index in [9.17, 15) is 9.59 Å². The monoisotopic (exact) mass is 540 g/mol. The van der Waals surface area contributed by atoms with Gasteiger partial charge in [0.2, 0.25) is 11.5 Å². The fourth-order valence-electron chi connectivity index (χ4n) is 4.13. The Hall–Kier alpha value is -3.82. The molecule has 192 valence electrons. The Morgan fingerprint density at radius 2 is 1.65 bits per heavy atom. The molecular weight excluding hydrogens is 516 g/mol. The van der Waals surface area contributed by atoms with Crippen molar-refractivity contribution in [3.63, 3.8) is 0 Å². The lowest BCUT2D eigenvalue weighted by atomic mass is 9.94. The Bertz CT molecular complexity index is 1490. The molecule has 8 nitrogen and oxygen atoms in total. The predicted octanol–water partition coefficient (Wildman–Crippen LogP) is 5.94. The number of ketones is 1. The largest absolute Gasteiger partial charge is 0.493 e. The van der Waals surface area contributed by atoms with Crippen molar-refractivity contribution in [2.24, 2.45) is 0 Å². The molecule has 4 aromatic rings. The second-order valence-corrected chi connectivity index (χ2v) is 9.38. The number of hydrogen-bond donors (Lipinski definition) is 1. The zero-order valence-electron chi connectivity index (χ0n) is 20.9. The molecule has 0 radical (unpaired) electrons. The standard InChI is InChI=1S/C27H25ClN2O6S/c1-6-36-27(32)19-13(2)30-26-21(20(19)15-11-17(33-3)24(35-5)18(12-15)34-4)22(29)25(37-26)23(31)14-7-9-16(28)10-8-14/h7-12H,6,29H2,1-5H3. The minimum Gasteiger partial charge on any atom is -0.493 e. The van der Waals surface area contributed by atoms with E-state index in [0.29, 0.717) is 59.7 Å². The minimum atomic E-state index is -0.561. The van der Waals surface area contributed by atoms with Crippen LogP contribution in [0.4, 0.5) is 5.69 Å². The van der Waals surface area contributed by atoms with Gasteiger partial charge in [0.15, 0.2) is 11.5 Å². The van der Waals surface area contributed by atoms with Gasteiger partial charge in [0.25, 0.3) is 0 Å². The number of ether oxygens (including phenoxy) is 4. The highest BCUT2D eigenvalue weighted by molar-refractivity contribution is 7.21. The first-order valence-electron chi connectivity index (χ1n) is 11.3. The number of aromatic nitrogens is 1. The molecule has 0 aliphatic rings. The zero-order chi connectivity index (χ0) is 26.9. The van der Waals surface area contributed by atoms with Gasteiger partial charge in [0.1, 0.15) is 9.71 Å². The number of methoxy groups -OCH3 is 3. The smallest absolute Gasteiger partial charge is 0.340 e. The number of fused-ring (bicyclic) bond motifs is 1. The Kier molecular flexibility index (Phi) is 7.56. The van der Waals surface area contributed by atoms with Gasteiger partial charge in [-0.1, -0.05) is 11.6 Å². The van der Waals surface area contributed by atoms with Crippen molar-refractivity contribution in [1.29, 1.82) is 0 Å². The molecule has 0 atom stereocenters. The summed E-state index contributed by atoms with van der Waals surface area (Å²) in [6, 6.07) is 9.99. The van der Waals surface area contributed by atoms with Gasteiger partial charge < -0.3 is 24.7 Å². The number of esters is 1. The van der Waals surface area contributed by atoms with Crippen molar-refractivity contribution >= 4 is 50.6 Å². The first kappa shape index (κ1) is 26.2. The van der Waals surface area contributed by atoms with E-state index in [-0.39, 0.29) is 23.6 Å². The van der Waals surface area contributed by atoms with E-state index < -0.39 is 5.97 Å². The summed E-state index contributed by atoms with van der Waals surface area (Å²) < 4.78 is 21.9. The van der Waals surface area contributed by atoms with Crippen LogP contribution in [0.5, 0.6) is 17.2 Å². The molecule has 4 rings (SSSR count). The molecule has 37 heavy (non-hydrogen) atoms. The van der Waals surface area contributed by atoms with Gasteiger partial charge in [-0.15, -0.1) is 11.3 Å². The molecule has 2 N–H and O–H groups in total. The van der Waals surface area contributed by atoms with E-state index in [1.807, 2.05) is 0 Å². The van der Waals surface area contributed by atoms with E-state index in [4.69, 9.17) is 36.3 Å². The SMILES string of the molecule is CCOC(=O)c1c(C)nc2sc(C(=O)c3ccc(Cl)cc3)c(N)c2c1-c1cc(OC)c(OC)c(OC)c1. The maximum Gasteiger partial charge on any atom is 0.340 e. The highest BCUT2D eigenvalue weighted by Gasteiger charge is 2.29. The first-order chi connectivity index (χ1) is 17.7. The van der Waals surface area contributed by atoms with Gasteiger partial charge in [0.05, 0.1) is 44.9 Å². The van der Waals surface area contributed by atoms with Crippen molar-refractivity contribution in [2.75, 3.05) is 33.7 Å². The topological polar surface area (TPSA) is 110 Å². The zero-order valence-corrected chi connectivity index (χ0v) is 22.5. The van der Waals surface area contributed by atoms with Crippen molar-refractivity contribution in [2.45, 2.75) is 13.8 Å². The summed E-state index contributed by atoms with van der Waals surface area (Å²) in [5, 5.41) is 0.979. The number of nitrogen functional groups attached to an aromatic ring is 1. The van der Waals surface area contributed by atoms with Crippen molar-refractivity contribution in [1.82, 2.24) is 4.98 Å². The number of benzene rings is 2. The molecular formula is C27H25ClN2O6S. The normalized spacial score (nSPS) is 10.9. The van der Waals surface area contributed by atoms with E-state index in [1.54, 1.807) is 50.2 Å². The molecule has 0 aliphatic heterocycles. The number of aryl methyl sites for hydroxylation is 1. The highest BCUT2D eigenvalue weighted by Crippen LogP contribution is 2.47. The quantitative estimate of drug-likeness (QED) is 0.216. The lowest BCUT2D eigenvalue weighted by molar-refractivity contribution is 0.0526. The van der Waals surface area contributed by atoms with Crippen LogP contribution in [0.1, 0.15) is 38.2 Å². The third-order valence-corrected chi connectivity index (χ3v) is 7.15. The van der Waals surface area contributed by atoms with E-state index >= 15 is 0 Å². The summed E-state index contributed by atoms with van der Waals surface area (Å²) in [7, 11) is 4.51. The van der Waals surface area contributed by atoms with Gasteiger partial charge in [-0.2, -0.15) is 0 Å². The van der Waals surface area contributed by atoms with E-state index in [0.717, 1.165) is 11.3 Å². The van der Waals surface area contributed by atoms with Crippen LogP contribution in [-0.2, 0) is 4.74 Å². The third kappa shape index (κ3) is 4.68. The minimum absolute atomic E-state index is 0.171. The molecule has 0 unspecified atom stereocenters. The molecule has 10 heteroatoms. The van der Waals surface area contributed by atoms with Crippen LogP contribution in [0.2, 0.25) is 5.02 Å². The first-order valence-corrected chi connectivity index (χ1v) is 12.4. The van der Waals surface area contributed by atoms with Gasteiger partial charge in [0, 0.05) is 21.5 Å². The van der Waals surface area contributed by atoms with Crippen molar-refractivity contribution in [3.8, 4) is 28.4 Å². The summed E-state index contributed by atoms with van der Waals surface area (Å²) in [4.78, 5) is 32.0. The number of thiophene rings is 1. The summed E-state index contributed by atoms with van der Waals surface area (Å²) in [6.07, 6.45) is 0. The van der Waals surface area contributed by atoms with Gasteiger partial charge in [-0.05, 0) is 55.8 Å². The van der Waals surface area contributed by atoms with Crippen LogP contribution in [0, 0.1) is 6.92 Å². The van der Waals surface area contributed by atoms with Gasteiger partial charge in [-0.25, -0.2) is 9.78 Å². The second kappa shape index (κ2) is 10.7. The van der Waals surface area contributed by atoms with E-state index in [2.05, 4.69) is 4.98 Å². The van der Waals surface area contributed by atoms with Crippen LogP contribution in [-0.4, -0.2) is 44.7 Å². The van der Waals surface area contributed by atoms with Crippen LogP contribution >= 0.6 is 22.9 Å². The fraction of sp³-hybridized carbons (Fsp3) is 0.222. The third-order valence-electron chi connectivity index (χ3n) is 5.80. The summed E-state index contributed by atoms with van der Waals surface area (Å²) >= 11 is 7.15. The lowest BCUT2D eigenvalue weighted by Gasteiger charge is -2.17. The predicted molar refractivity (Wildman–Crippen MR) is 145 cm³/mol. The number of carbonyl (C=O) groups excluding carboxylic acids is 2.